The Labute approximate surface area is 134 Å². The molecule has 0 aromatic heterocycles. The quantitative estimate of drug-likeness (QED) is 0.729. The van der Waals surface area contributed by atoms with Crippen LogP contribution in [0.4, 0.5) is 0 Å². The molecule has 3 aliphatic rings. The fraction of sp³-hybridized carbons (Fsp3) is 0.667. The van der Waals surface area contributed by atoms with Crippen LogP contribution in [0.15, 0.2) is 16.6 Å². The molecule has 21 heavy (non-hydrogen) atoms. The molecule has 3 aliphatic carbocycles. The first-order valence-electron chi connectivity index (χ1n) is 8.20. The standard InChI is InChI=1S/C18H23BrO2/c1-18-9-8-11-10-4-6-15(20)17(19)13(10)3-2-12(11)14(18)5-7-16(18)21/h4,6,11-12,14,16,20-21H,2-3,5,7-9H2,1H3/t11-,12-,14-,16-,18-/m0/s1. The van der Waals surface area contributed by atoms with Crippen molar-refractivity contribution in [3.63, 3.8) is 0 Å². The Morgan fingerprint density at radius 2 is 2.00 bits per heavy atom. The van der Waals surface area contributed by atoms with Gasteiger partial charge in [-0.15, -0.1) is 0 Å². The maximum atomic E-state index is 10.4. The molecular weight excluding hydrogens is 328 g/mol. The highest BCUT2D eigenvalue weighted by atomic mass is 79.9. The van der Waals surface area contributed by atoms with Crippen LogP contribution in [0.25, 0.3) is 0 Å². The minimum Gasteiger partial charge on any atom is -0.507 e. The zero-order chi connectivity index (χ0) is 14.8. The van der Waals surface area contributed by atoms with Gasteiger partial charge < -0.3 is 10.2 Å². The third-order valence-electron chi connectivity index (χ3n) is 6.77. The number of aliphatic hydroxyl groups excluding tert-OH is 1. The summed E-state index contributed by atoms with van der Waals surface area (Å²) in [5.74, 6) is 2.37. The number of rotatable bonds is 0. The third-order valence-corrected chi connectivity index (χ3v) is 7.66. The van der Waals surface area contributed by atoms with E-state index in [1.807, 2.05) is 6.07 Å². The van der Waals surface area contributed by atoms with Gasteiger partial charge in [-0.05, 0) is 94.8 Å². The van der Waals surface area contributed by atoms with Gasteiger partial charge in [0.1, 0.15) is 5.75 Å². The van der Waals surface area contributed by atoms with Gasteiger partial charge in [0.15, 0.2) is 0 Å². The van der Waals surface area contributed by atoms with Gasteiger partial charge in [-0.2, -0.15) is 0 Å². The molecule has 0 unspecified atom stereocenters. The lowest BCUT2D eigenvalue weighted by atomic mass is 9.55. The van der Waals surface area contributed by atoms with E-state index in [1.54, 1.807) is 0 Å². The molecule has 4 rings (SSSR count). The van der Waals surface area contributed by atoms with Crippen LogP contribution in [-0.2, 0) is 6.42 Å². The van der Waals surface area contributed by atoms with Crippen molar-refractivity contribution in [2.45, 2.75) is 57.5 Å². The number of fused-ring (bicyclic) bond motifs is 5. The number of aromatic hydroxyl groups is 1. The second-order valence-corrected chi connectivity index (χ2v) is 8.31. The molecule has 0 aliphatic heterocycles. The van der Waals surface area contributed by atoms with Gasteiger partial charge in [0.2, 0.25) is 0 Å². The van der Waals surface area contributed by atoms with E-state index in [0.717, 1.165) is 23.7 Å². The SMILES string of the molecule is C[C@]12CC[C@H]3c4ccc(O)c(Br)c4CC[C@@H]3[C@@H]1CC[C@@H]2O. The zero-order valence-electron chi connectivity index (χ0n) is 12.5. The van der Waals surface area contributed by atoms with Crippen molar-refractivity contribution in [1.82, 2.24) is 0 Å². The molecule has 5 atom stereocenters. The zero-order valence-corrected chi connectivity index (χ0v) is 14.1. The minimum absolute atomic E-state index is 0.101. The van der Waals surface area contributed by atoms with Crippen molar-refractivity contribution in [3.05, 3.63) is 27.7 Å². The lowest BCUT2D eigenvalue weighted by Gasteiger charge is -2.50. The topological polar surface area (TPSA) is 40.5 Å². The van der Waals surface area contributed by atoms with E-state index in [1.165, 1.54) is 30.4 Å². The summed E-state index contributed by atoms with van der Waals surface area (Å²) in [5, 5.41) is 20.3. The van der Waals surface area contributed by atoms with E-state index in [-0.39, 0.29) is 11.5 Å². The van der Waals surface area contributed by atoms with E-state index < -0.39 is 0 Å². The second kappa shape index (κ2) is 4.73. The Hall–Kier alpha value is -0.540. The van der Waals surface area contributed by atoms with Crippen molar-refractivity contribution in [2.75, 3.05) is 0 Å². The maximum Gasteiger partial charge on any atom is 0.130 e. The minimum atomic E-state index is -0.101. The summed E-state index contributed by atoms with van der Waals surface area (Å²) in [6.07, 6.45) is 6.64. The fourth-order valence-corrected chi connectivity index (χ4v) is 6.14. The Bertz CT molecular complexity index is 585. The van der Waals surface area contributed by atoms with E-state index in [9.17, 15) is 10.2 Å². The van der Waals surface area contributed by atoms with Gasteiger partial charge in [-0.25, -0.2) is 0 Å². The smallest absolute Gasteiger partial charge is 0.130 e. The first-order chi connectivity index (χ1) is 10.0. The lowest BCUT2D eigenvalue weighted by Crippen LogP contribution is -2.43. The Kier molecular flexibility index (Phi) is 3.17. The molecular formula is C18H23BrO2. The number of hydrogen-bond acceptors (Lipinski definition) is 2. The Morgan fingerprint density at radius 3 is 2.81 bits per heavy atom. The lowest BCUT2D eigenvalue weighted by molar-refractivity contribution is -0.0226. The van der Waals surface area contributed by atoms with Gasteiger partial charge in [-0.3, -0.25) is 0 Å². The molecule has 0 radical (unpaired) electrons. The highest BCUT2D eigenvalue weighted by Gasteiger charge is 2.54. The molecule has 0 amide bonds. The highest BCUT2D eigenvalue weighted by molar-refractivity contribution is 9.10. The number of phenols is 1. The summed E-state index contributed by atoms with van der Waals surface area (Å²) >= 11 is 3.57. The number of benzene rings is 1. The van der Waals surface area contributed by atoms with Gasteiger partial charge in [-0.1, -0.05) is 13.0 Å². The fourth-order valence-electron chi connectivity index (χ4n) is 5.58. The average Bonchev–Trinajstić information content (AvgIpc) is 2.78. The summed E-state index contributed by atoms with van der Waals surface area (Å²) in [6.45, 7) is 2.31. The van der Waals surface area contributed by atoms with Crippen molar-refractivity contribution < 1.29 is 10.2 Å². The van der Waals surface area contributed by atoms with Gasteiger partial charge in [0.25, 0.3) is 0 Å². The number of halogens is 1. The predicted octanol–water partition coefficient (Wildman–Crippen LogP) is 4.37. The van der Waals surface area contributed by atoms with Gasteiger partial charge in [0, 0.05) is 0 Å². The van der Waals surface area contributed by atoms with Crippen LogP contribution in [0.1, 0.15) is 56.1 Å². The highest BCUT2D eigenvalue weighted by Crippen LogP contribution is 2.61. The van der Waals surface area contributed by atoms with Gasteiger partial charge in [0.05, 0.1) is 10.6 Å². The molecule has 2 fully saturated rings. The molecule has 0 saturated heterocycles. The van der Waals surface area contributed by atoms with Crippen molar-refractivity contribution in [1.29, 1.82) is 0 Å². The van der Waals surface area contributed by atoms with E-state index in [4.69, 9.17) is 0 Å². The Balaban J connectivity index is 1.74. The first-order valence-corrected chi connectivity index (χ1v) is 9.00. The molecule has 2 saturated carbocycles. The molecule has 0 spiro atoms. The monoisotopic (exact) mass is 350 g/mol. The second-order valence-electron chi connectivity index (χ2n) is 7.52. The van der Waals surface area contributed by atoms with E-state index >= 15 is 0 Å². The largest absolute Gasteiger partial charge is 0.507 e. The van der Waals surface area contributed by atoms with Crippen molar-refractivity contribution in [3.8, 4) is 5.75 Å². The predicted molar refractivity (Wildman–Crippen MR) is 86.4 cm³/mol. The summed E-state index contributed by atoms with van der Waals surface area (Å²) in [7, 11) is 0. The Morgan fingerprint density at radius 1 is 1.19 bits per heavy atom. The average molecular weight is 351 g/mol. The van der Waals surface area contributed by atoms with Crippen molar-refractivity contribution in [2.24, 2.45) is 17.3 Å². The summed E-state index contributed by atoms with van der Waals surface area (Å²) in [4.78, 5) is 0. The molecule has 0 heterocycles. The summed E-state index contributed by atoms with van der Waals surface area (Å²) < 4.78 is 0.901. The van der Waals surface area contributed by atoms with E-state index in [0.29, 0.717) is 23.5 Å². The van der Waals surface area contributed by atoms with Crippen LogP contribution in [0.2, 0.25) is 0 Å². The summed E-state index contributed by atoms with van der Waals surface area (Å²) in [6, 6.07) is 3.98. The number of hydrogen-bond donors (Lipinski definition) is 2. The van der Waals surface area contributed by atoms with Crippen molar-refractivity contribution >= 4 is 15.9 Å². The van der Waals surface area contributed by atoms with Crippen LogP contribution in [-0.4, -0.2) is 16.3 Å². The summed E-state index contributed by atoms with van der Waals surface area (Å²) in [5.41, 5.74) is 2.91. The maximum absolute atomic E-state index is 10.4. The normalized spacial score (nSPS) is 41.3. The van der Waals surface area contributed by atoms with Crippen LogP contribution < -0.4 is 0 Å². The van der Waals surface area contributed by atoms with Crippen LogP contribution in [0, 0.1) is 17.3 Å². The number of aliphatic hydroxyl groups is 1. The molecule has 1 aromatic carbocycles. The van der Waals surface area contributed by atoms with Crippen LogP contribution >= 0.6 is 15.9 Å². The molecule has 1 aromatic rings. The van der Waals surface area contributed by atoms with Gasteiger partial charge >= 0.3 is 0 Å². The first kappa shape index (κ1) is 14.1. The van der Waals surface area contributed by atoms with E-state index in [2.05, 4.69) is 28.9 Å². The molecule has 0 bridgehead atoms. The number of phenolic OH excluding ortho intramolecular Hbond substituents is 1. The van der Waals surface area contributed by atoms with Crippen LogP contribution in [0.5, 0.6) is 5.75 Å². The molecule has 114 valence electrons. The molecule has 2 N–H and O–H groups in total. The molecule has 2 nitrogen and oxygen atoms in total. The molecule has 3 heteroatoms. The van der Waals surface area contributed by atoms with Crippen LogP contribution in [0.3, 0.4) is 0 Å². The third kappa shape index (κ3) is 1.86.